The van der Waals surface area contributed by atoms with Gasteiger partial charge in [-0.3, -0.25) is 0 Å². The molecule has 1 aliphatic heterocycles. The van der Waals surface area contributed by atoms with Gasteiger partial charge in [0, 0.05) is 12.5 Å². The second-order valence-electron chi connectivity index (χ2n) is 5.66. The van der Waals surface area contributed by atoms with Gasteiger partial charge in [-0.1, -0.05) is 32.1 Å². The molecule has 90 valence electrons. The van der Waals surface area contributed by atoms with Crippen molar-refractivity contribution in [2.24, 2.45) is 5.41 Å². The Kier molecular flexibility index (Phi) is 2.75. The van der Waals surface area contributed by atoms with Crippen LogP contribution < -0.4 is 0 Å². The summed E-state index contributed by atoms with van der Waals surface area (Å²) in [6, 6.07) is 0. The molecule has 0 N–H and O–H groups in total. The van der Waals surface area contributed by atoms with Gasteiger partial charge in [-0.05, 0) is 25.8 Å². The molecule has 0 fully saturated rings. The molecule has 1 aliphatic carbocycles. The van der Waals surface area contributed by atoms with E-state index in [-0.39, 0.29) is 23.2 Å². The standard InChI is InChI=1S/C14H22O2/c1-10(15-5)11-9-12-13(2,3)7-6-8-14(12,4)16-11/h6-7,9-11H,8H2,1-5H3. The topological polar surface area (TPSA) is 18.5 Å². The molecule has 0 aromatic carbocycles. The normalized spacial score (nSPS) is 38.1. The molecular weight excluding hydrogens is 200 g/mol. The molecule has 3 unspecified atom stereocenters. The Labute approximate surface area is 98.3 Å². The van der Waals surface area contributed by atoms with Crippen LogP contribution in [0.4, 0.5) is 0 Å². The van der Waals surface area contributed by atoms with E-state index in [2.05, 4.69) is 45.9 Å². The lowest BCUT2D eigenvalue weighted by Crippen LogP contribution is -2.38. The van der Waals surface area contributed by atoms with Crippen molar-refractivity contribution in [3.05, 3.63) is 23.8 Å². The number of rotatable bonds is 2. The molecule has 0 aromatic heterocycles. The van der Waals surface area contributed by atoms with Crippen LogP contribution in [0.5, 0.6) is 0 Å². The van der Waals surface area contributed by atoms with Gasteiger partial charge in [0.05, 0.1) is 11.7 Å². The average molecular weight is 222 g/mol. The molecule has 0 amide bonds. The number of fused-ring (bicyclic) bond motifs is 1. The van der Waals surface area contributed by atoms with Crippen molar-refractivity contribution in [2.45, 2.75) is 51.9 Å². The van der Waals surface area contributed by atoms with Crippen LogP contribution in [0.2, 0.25) is 0 Å². The maximum absolute atomic E-state index is 6.17. The zero-order chi connectivity index (χ0) is 12.0. The third-order valence-electron chi connectivity index (χ3n) is 3.87. The Hall–Kier alpha value is -0.600. The van der Waals surface area contributed by atoms with Crippen molar-refractivity contribution in [3.63, 3.8) is 0 Å². The summed E-state index contributed by atoms with van der Waals surface area (Å²) >= 11 is 0. The largest absolute Gasteiger partial charge is 0.379 e. The zero-order valence-electron chi connectivity index (χ0n) is 10.9. The van der Waals surface area contributed by atoms with Crippen LogP contribution in [0.15, 0.2) is 23.8 Å². The molecule has 16 heavy (non-hydrogen) atoms. The minimum atomic E-state index is -0.129. The summed E-state index contributed by atoms with van der Waals surface area (Å²) in [5, 5.41) is 0. The molecular formula is C14H22O2. The van der Waals surface area contributed by atoms with Crippen LogP contribution >= 0.6 is 0 Å². The molecule has 0 bridgehead atoms. The van der Waals surface area contributed by atoms with Gasteiger partial charge in [0.2, 0.25) is 0 Å². The van der Waals surface area contributed by atoms with E-state index >= 15 is 0 Å². The number of allylic oxidation sites excluding steroid dienone is 1. The summed E-state index contributed by atoms with van der Waals surface area (Å²) in [7, 11) is 1.74. The van der Waals surface area contributed by atoms with E-state index in [1.54, 1.807) is 7.11 Å². The average Bonchev–Trinajstić information content (AvgIpc) is 2.56. The maximum Gasteiger partial charge on any atom is 0.103 e. The Morgan fingerprint density at radius 1 is 1.44 bits per heavy atom. The lowest BCUT2D eigenvalue weighted by atomic mass is 9.71. The second-order valence-corrected chi connectivity index (χ2v) is 5.66. The van der Waals surface area contributed by atoms with Crippen molar-refractivity contribution < 1.29 is 9.47 Å². The highest BCUT2D eigenvalue weighted by Gasteiger charge is 2.46. The Morgan fingerprint density at radius 2 is 2.12 bits per heavy atom. The number of methoxy groups -OCH3 is 1. The first-order chi connectivity index (χ1) is 7.39. The lowest BCUT2D eigenvalue weighted by Gasteiger charge is -2.39. The highest BCUT2D eigenvalue weighted by molar-refractivity contribution is 5.37. The molecule has 0 saturated heterocycles. The van der Waals surface area contributed by atoms with Crippen LogP contribution in [-0.2, 0) is 9.47 Å². The second kappa shape index (κ2) is 3.71. The fraction of sp³-hybridized carbons (Fsp3) is 0.714. The van der Waals surface area contributed by atoms with Gasteiger partial charge in [0.1, 0.15) is 6.10 Å². The monoisotopic (exact) mass is 222 g/mol. The zero-order valence-corrected chi connectivity index (χ0v) is 10.9. The van der Waals surface area contributed by atoms with Crippen LogP contribution in [0.25, 0.3) is 0 Å². The Balaban J connectivity index is 2.32. The molecule has 0 spiro atoms. The van der Waals surface area contributed by atoms with Crippen LogP contribution in [0.1, 0.15) is 34.1 Å². The SMILES string of the molecule is COC(C)C1C=C2C(C)(C)C=CCC2(C)O1. The predicted molar refractivity (Wildman–Crippen MR) is 65.4 cm³/mol. The van der Waals surface area contributed by atoms with Crippen LogP contribution in [-0.4, -0.2) is 24.9 Å². The summed E-state index contributed by atoms with van der Waals surface area (Å²) in [5.41, 5.74) is 1.38. The highest BCUT2D eigenvalue weighted by Crippen LogP contribution is 2.48. The third-order valence-corrected chi connectivity index (χ3v) is 3.87. The fourth-order valence-electron chi connectivity index (χ4n) is 2.83. The molecule has 1 heterocycles. The molecule has 2 rings (SSSR count). The maximum atomic E-state index is 6.17. The molecule has 2 nitrogen and oxygen atoms in total. The first-order valence-corrected chi connectivity index (χ1v) is 6.00. The van der Waals surface area contributed by atoms with E-state index in [9.17, 15) is 0 Å². The lowest BCUT2D eigenvalue weighted by molar-refractivity contribution is -0.0786. The summed E-state index contributed by atoms with van der Waals surface area (Å²) in [4.78, 5) is 0. The van der Waals surface area contributed by atoms with E-state index in [1.807, 2.05) is 0 Å². The molecule has 2 heteroatoms. The van der Waals surface area contributed by atoms with E-state index in [0.717, 1.165) is 6.42 Å². The van der Waals surface area contributed by atoms with Gasteiger partial charge in [-0.25, -0.2) is 0 Å². The fourth-order valence-corrected chi connectivity index (χ4v) is 2.83. The van der Waals surface area contributed by atoms with E-state index in [4.69, 9.17) is 9.47 Å². The molecule has 0 aromatic rings. The third kappa shape index (κ3) is 1.74. The van der Waals surface area contributed by atoms with Gasteiger partial charge in [-0.15, -0.1) is 0 Å². The minimum Gasteiger partial charge on any atom is -0.379 e. The highest BCUT2D eigenvalue weighted by atomic mass is 16.6. The first-order valence-electron chi connectivity index (χ1n) is 6.00. The van der Waals surface area contributed by atoms with Crippen molar-refractivity contribution in [1.29, 1.82) is 0 Å². The molecule has 3 atom stereocenters. The minimum absolute atomic E-state index is 0.0872. The molecule has 0 saturated carbocycles. The number of hydrogen-bond donors (Lipinski definition) is 0. The van der Waals surface area contributed by atoms with Crippen molar-refractivity contribution in [1.82, 2.24) is 0 Å². The molecule has 0 radical (unpaired) electrons. The Bertz CT molecular complexity index is 341. The van der Waals surface area contributed by atoms with Gasteiger partial charge >= 0.3 is 0 Å². The van der Waals surface area contributed by atoms with Gasteiger partial charge in [0.15, 0.2) is 0 Å². The predicted octanol–water partition coefficient (Wildman–Crippen LogP) is 3.09. The van der Waals surface area contributed by atoms with Crippen LogP contribution in [0.3, 0.4) is 0 Å². The summed E-state index contributed by atoms with van der Waals surface area (Å²) in [5.74, 6) is 0. The van der Waals surface area contributed by atoms with Crippen LogP contribution in [0, 0.1) is 5.41 Å². The first kappa shape index (κ1) is 11.9. The van der Waals surface area contributed by atoms with Crippen molar-refractivity contribution >= 4 is 0 Å². The summed E-state index contributed by atoms with van der Waals surface area (Å²) in [6.45, 7) is 8.74. The van der Waals surface area contributed by atoms with Gasteiger partial charge < -0.3 is 9.47 Å². The van der Waals surface area contributed by atoms with Gasteiger partial charge in [-0.2, -0.15) is 0 Å². The van der Waals surface area contributed by atoms with Crippen molar-refractivity contribution in [3.8, 4) is 0 Å². The quantitative estimate of drug-likeness (QED) is 0.668. The van der Waals surface area contributed by atoms with E-state index in [0.29, 0.717) is 0 Å². The number of hydrogen-bond acceptors (Lipinski definition) is 2. The van der Waals surface area contributed by atoms with Crippen molar-refractivity contribution in [2.75, 3.05) is 7.11 Å². The number of ether oxygens (including phenoxy) is 2. The Morgan fingerprint density at radius 3 is 2.69 bits per heavy atom. The van der Waals surface area contributed by atoms with Gasteiger partial charge in [0.25, 0.3) is 0 Å². The smallest absolute Gasteiger partial charge is 0.103 e. The van der Waals surface area contributed by atoms with E-state index in [1.165, 1.54) is 5.57 Å². The van der Waals surface area contributed by atoms with E-state index < -0.39 is 0 Å². The summed E-state index contributed by atoms with van der Waals surface area (Å²) in [6.07, 6.45) is 7.95. The molecule has 2 aliphatic rings. The summed E-state index contributed by atoms with van der Waals surface area (Å²) < 4.78 is 11.5.